The lowest BCUT2D eigenvalue weighted by Gasteiger charge is -2.48. The van der Waals surface area contributed by atoms with E-state index in [0.29, 0.717) is 0 Å². The number of carbonyl (C=O) groups is 8. The Balaban J connectivity index is 2.69. The smallest absolute Gasteiger partial charge is 0.303 e. The Morgan fingerprint density at radius 2 is 0.660 bits per heavy atom. The van der Waals surface area contributed by atoms with Gasteiger partial charge in [0.15, 0.2) is 49.1 Å². The lowest BCUT2D eigenvalue weighted by Crippen LogP contribution is -2.71. The Kier molecular flexibility index (Phi) is 14.5. The predicted molar refractivity (Wildman–Crippen MR) is 147 cm³/mol. The highest BCUT2D eigenvalue weighted by Crippen LogP contribution is 2.32. The third-order valence-corrected chi connectivity index (χ3v) is 6.31. The summed E-state index contributed by atoms with van der Waals surface area (Å²) < 4.78 is 54.7. The summed E-state index contributed by atoms with van der Waals surface area (Å²) in [5.74, 6) is -6.76. The van der Waals surface area contributed by atoms with Gasteiger partial charge < -0.3 is 47.4 Å². The van der Waals surface area contributed by atoms with Gasteiger partial charge in [0, 0.05) is 55.4 Å². The van der Waals surface area contributed by atoms with Crippen molar-refractivity contribution in [2.24, 2.45) is 0 Å². The third-order valence-electron chi connectivity index (χ3n) is 6.31. The fourth-order valence-electron chi connectivity index (χ4n) is 4.89. The van der Waals surface area contributed by atoms with E-state index in [9.17, 15) is 38.4 Å². The SMILES string of the molecule is CC(=O)OC[C@H]1O[C@@H](N[C@H]2O[C@H](COC(C)=O)[C@@H](OC(C)=O)[C@H](OC(C)=O)[C@H]2OC(C)=O)[C@H](OC(C)=O)[C@@H](OC(C)=O)[C@@H]1OC(C)=O. The topological polar surface area (TPSA) is 241 Å². The summed E-state index contributed by atoms with van der Waals surface area (Å²) in [4.78, 5) is 96.3. The molecule has 0 aromatic heterocycles. The van der Waals surface area contributed by atoms with Crippen molar-refractivity contribution in [2.45, 2.75) is 117 Å². The Morgan fingerprint density at radius 3 is 0.915 bits per heavy atom. The monoisotopic (exact) mass is 677 g/mol. The first-order chi connectivity index (χ1) is 21.9. The number of nitrogens with one attached hydrogen (secondary N) is 1. The molecule has 264 valence electrons. The number of hydrogen-bond donors (Lipinski definition) is 1. The summed E-state index contributed by atoms with van der Waals surface area (Å²) in [5.41, 5.74) is 0. The van der Waals surface area contributed by atoms with Crippen molar-refractivity contribution < 1.29 is 85.7 Å². The summed E-state index contributed by atoms with van der Waals surface area (Å²) in [6.45, 7) is 7.34. The van der Waals surface area contributed by atoms with E-state index < -0.39 is 122 Å². The molecular formula is C28H39NO18. The van der Waals surface area contributed by atoms with Crippen LogP contribution >= 0.6 is 0 Å². The molecule has 0 bridgehead atoms. The number of ether oxygens (including phenoxy) is 10. The van der Waals surface area contributed by atoms with Gasteiger partial charge in [0.2, 0.25) is 0 Å². The number of esters is 8. The zero-order valence-corrected chi connectivity index (χ0v) is 27.0. The molecule has 0 amide bonds. The minimum atomic E-state index is -1.61. The molecule has 2 heterocycles. The second-order valence-corrected chi connectivity index (χ2v) is 10.4. The Bertz CT molecular complexity index is 1110. The normalized spacial score (nSPS) is 30.0. The molecule has 2 aliphatic heterocycles. The Hall–Kier alpha value is -4.36. The van der Waals surface area contributed by atoms with Crippen LogP contribution in [-0.2, 0) is 85.7 Å². The molecule has 0 unspecified atom stereocenters. The maximum Gasteiger partial charge on any atom is 0.303 e. The van der Waals surface area contributed by atoms with E-state index in [4.69, 9.17) is 47.4 Å². The highest BCUT2D eigenvalue weighted by Gasteiger charge is 2.57. The van der Waals surface area contributed by atoms with Gasteiger partial charge in [-0.1, -0.05) is 0 Å². The summed E-state index contributed by atoms with van der Waals surface area (Å²) in [6, 6.07) is 0. The largest absolute Gasteiger partial charge is 0.463 e. The van der Waals surface area contributed by atoms with E-state index in [1.807, 2.05) is 0 Å². The van der Waals surface area contributed by atoms with Crippen LogP contribution in [-0.4, -0.2) is 122 Å². The molecule has 10 atom stereocenters. The van der Waals surface area contributed by atoms with Gasteiger partial charge in [0.05, 0.1) is 0 Å². The number of rotatable bonds is 12. The summed E-state index contributed by atoms with van der Waals surface area (Å²) >= 11 is 0. The van der Waals surface area contributed by atoms with Crippen molar-refractivity contribution >= 4 is 47.8 Å². The molecule has 0 aromatic carbocycles. The van der Waals surface area contributed by atoms with Crippen LogP contribution < -0.4 is 5.32 Å². The van der Waals surface area contributed by atoms with Crippen LogP contribution in [0.1, 0.15) is 55.4 Å². The van der Waals surface area contributed by atoms with Gasteiger partial charge in [0.1, 0.15) is 25.4 Å². The van der Waals surface area contributed by atoms with Gasteiger partial charge in [-0.25, -0.2) is 0 Å². The quantitative estimate of drug-likeness (QED) is 0.187. The zero-order chi connectivity index (χ0) is 35.6. The molecule has 2 fully saturated rings. The van der Waals surface area contributed by atoms with Gasteiger partial charge in [0.25, 0.3) is 0 Å². The van der Waals surface area contributed by atoms with E-state index in [1.54, 1.807) is 0 Å². The maximum atomic E-state index is 12.3. The van der Waals surface area contributed by atoms with Crippen molar-refractivity contribution in [3.63, 3.8) is 0 Å². The third kappa shape index (κ3) is 12.1. The zero-order valence-electron chi connectivity index (χ0n) is 27.0. The molecular weight excluding hydrogens is 638 g/mol. The fourth-order valence-corrected chi connectivity index (χ4v) is 4.89. The van der Waals surface area contributed by atoms with Crippen LogP contribution in [0.15, 0.2) is 0 Å². The standard InChI is InChI=1S/C28H39NO18/c1-11(30)38-9-19-21(40-13(3)32)23(42-15(5)34)25(44-17(7)36)27(46-19)29-28-26(45-18(8)37)24(43-16(6)35)22(41-14(4)33)20(47-28)10-39-12(2)31/h19-29H,9-10H2,1-8H3/t19-,20-,21-,22-,23+,24+,25-,26-,27-,28+/m1/s1. The lowest BCUT2D eigenvalue weighted by atomic mass is 9.95. The van der Waals surface area contributed by atoms with Crippen LogP contribution in [0, 0.1) is 0 Å². The molecule has 0 radical (unpaired) electrons. The molecule has 0 aliphatic carbocycles. The molecule has 2 rings (SSSR count). The lowest BCUT2D eigenvalue weighted by molar-refractivity contribution is -0.286. The molecule has 0 spiro atoms. The molecule has 0 aromatic rings. The van der Waals surface area contributed by atoms with Gasteiger partial charge in [-0.15, -0.1) is 0 Å². The fraction of sp³-hybridized carbons (Fsp3) is 0.714. The van der Waals surface area contributed by atoms with Crippen LogP contribution in [0.5, 0.6) is 0 Å². The Morgan fingerprint density at radius 1 is 0.404 bits per heavy atom. The minimum absolute atomic E-state index is 0.547. The average Bonchev–Trinajstić information content (AvgIpc) is 2.91. The molecule has 47 heavy (non-hydrogen) atoms. The second-order valence-electron chi connectivity index (χ2n) is 10.4. The first-order valence-corrected chi connectivity index (χ1v) is 14.3. The first kappa shape index (κ1) is 38.8. The summed E-state index contributed by atoms with van der Waals surface area (Å²) in [6.07, 6.45) is -15.2. The van der Waals surface area contributed by atoms with Crippen LogP contribution in [0.2, 0.25) is 0 Å². The molecule has 2 aliphatic rings. The second kappa shape index (κ2) is 17.5. The molecule has 1 N–H and O–H groups in total. The van der Waals surface area contributed by atoms with Crippen molar-refractivity contribution in [1.82, 2.24) is 5.32 Å². The van der Waals surface area contributed by atoms with E-state index in [2.05, 4.69) is 5.32 Å². The summed E-state index contributed by atoms with van der Waals surface area (Å²) in [7, 11) is 0. The van der Waals surface area contributed by atoms with Gasteiger partial charge in [-0.2, -0.15) is 0 Å². The predicted octanol–water partition coefficient (Wildman–Crippen LogP) is -1.26. The van der Waals surface area contributed by atoms with Gasteiger partial charge in [-0.05, 0) is 0 Å². The average molecular weight is 678 g/mol. The van der Waals surface area contributed by atoms with E-state index in [-0.39, 0.29) is 0 Å². The van der Waals surface area contributed by atoms with Gasteiger partial charge in [-0.3, -0.25) is 43.7 Å². The van der Waals surface area contributed by atoms with E-state index in [0.717, 1.165) is 55.4 Å². The Labute approximate surface area is 269 Å². The molecule has 2 saturated heterocycles. The summed E-state index contributed by atoms with van der Waals surface area (Å²) in [5, 5.41) is 2.81. The van der Waals surface area contributed by atoms with Crippen molar-refractivity contribution in [1.29, 1.82) is 0 Å². The van der Waals surface area contributed by atoms with Crippen molar-refractivity contribution in [3.05, 3.63) is 0 Å². The highest BCUT2D eigenvalue weighted by atomic mass is 16.7. The molecule has 0 saturated carbocycles. The number of hydrogen-bond acceptors (Lipinski definition) is 19. The van der Waals surface area contributed by atoms with Crippen LogP contribution in [0.4, 0.5) is 0 Å². The maximum absolute atomic E-state index is 12.3. The highest BCUT2D eigenvalue weighted by molar-refractivity contribution is 5.70. The molecule has 19 heteroatoms. The first-order valence-electron chi connectivity index (χ1n) is 14.3. The van der Waals surface area contributed by atoms with Crippen LogP contribution in [0.25, 0.3) is 0 Å². The number of carbonyl (C=O) groups excluding carboxylic acids is 8. The molecule has 19 nitrogen and oxygen atoms in total. The van der Waals surface area contributed by atoms with E-state index in [1.165, 1.54) is 0 Å². The van der Waals surface area contributed by atoms with Crippen molar-refractivity contribution in [3.8, 4) is 0 Å². The van der Waals surface area contributed by atoms with E-state index >= 15 is 0 Å². The van der Waals surface area contributed by atoms with Crippen LogP contribution in [0.3, 0.4) is 0 Å². The minimum Gasteiger partial charge on any atom is -0.463 e. The van der Waals surface area contributed by atoms with Crippen molar-refractivity contribution in [2.75, 3.05) is 13.2 Å². The van der Waals surface area contributed by atoms with Gasteiger partial charge >= 0.3 is 47.8 Å².